The average Bonchev–Trinajstić information content (AvgIpc) is 3.20. The number of aryl methyl sites for hydroxylation is 1. The summed E-state index contributed by atoms with van der Waals surface area (Å²) in [4.78, 5) is 12.0. The largest absolute Gasteiger partial charge is 0.454 e. The number of carbonyl (C=O) groups excluding carboxylic acids is 1. The summed E-state index contributed by atoms with van der Waals surface area (Å²) in [5, 5.41) is 17.2. The van der Waals surface area contributed by atoms with Gasteiger partial charge in [0.1, 0.15) is 22.9 Å². The predicted molar refractivity (Wildman–Crippen MR) is 95.2 cm³/mol. The minimum atomic E-state index is -0.457. The van der Waals surface area contributed by atoms with Gasteiger partial charge in [-0.15, -0.1) is 6.58 Å². The van der Waals surface area contributed by atoms with Gasteiger partial charge in [0, 0.05) is 30.7 Å². The van der Waals surface area contributed by atoms with Crippen LogP contribution < -0.4 is 5.32 Å². The van der Waals surface area contributed by atoms with Gasteiger partial charge in [0.05, 0.1) is 0 Å². The third-order valence-electron chi connectivity index (χ3n) is 3.59. The second-order valence-electron chi connectivity index (χ2n) is 5.42. The van der Waals surface area contributed by atoms with E-state index < -0.39 is 5.91 Å². The molecule has 0 unspecified atom stereocenters. The lowest BCUT2D eigenvalue weighted by molar-refractivity contribution is -0.116. The van der Waals surface area contributed by atoms with Gasteiger partial charge >= 0.3 is 0 Å². The Hall–Kier alpha value is -3.59. The number of benzene rings is 1. The van der Waals surface area contributed by atoms with Crippen LogP contribution in [0, 0.1) is 11.3 Å². The number of rotatable bonds is 5. The molecule has 0 aliphatic rings. The van der Waals surface area contributed by atoms with Crippen molar-refractivity contribution in [1.29, 1.82) is 5.26 Å². The second kappa shape index (κ2) is 6.89. The fourth-order valence-corrected chi connectivity index (χ4v) is 2.47. The molecule has 3 rings (SSSR count). The van der Waals surface area contributed by atoms with E-state index in [0.717, 1.165) is 11.0 Å². The fourth-order valence-electron chi connectivity index (χ4n) is 2.47. The van der Waals surface area contributed by atoms with Crippen LogP contribution in [0.5, 0.6) is 0 Å². The first-order valence-corrected chi connectivity index (χ1v) is 7.66. The third kappa shape index (κ3) is 3.35. The molecule has 1 N–H and O–H groups in total. The van der Waals surface area contributed by atoms with Crippen molar-refractivity contribution in [3.8, 4) is 17.5 Å². The molecule has 0 saturated carbocycles. The number of para-hydroxylation sites is 1. The van der Waals surface area contributed by atoms with Crippen molar-refractivity contribution in [2.24, 2.45) is 7.05 Å². The quantitative estimate of drug-likeness (QED) is 0.442. The van der Waals surface area contributed by atoms with Gasteiger partial charge in [-0.2, -0.15) is 10.4 Å². The molecule has 1 aromatic carbocycles. The molecule has 2 heterocycles. The van der Waals surface area contributed by atoms with E-state index in [1.54, 1.807) is 24.0 Å². The van der Waals surface area contributed by atoms with Gasteiger partial charge in [0.25, 0.3) is 5.91 Å². The highest BCUT2D eigenvalue weighted by Gasteiger charge is 2.16. The van der Waals surface area contributed by atoms with E-state index in [4.69, 9.17) is 4.42 Å². The number of amides is 1. The minimum Gasteiger partial charge on any atom is -0.454 e. The van der Waals surface area contributed by atoms with Crippen molar-refractivity contribution in [1.82, 2.24) is 15.1 Å². The Morgan fingerprint density at radius 1 is 1.48 bits per heavy atom. The topological polar surface area (TPSA) is 83.9 Å². The van der Waals surface area contributed by atoms with Gasteiger partial charge in [0.2, 0.25) is 0 Å². The van der Waals surface area contributed by atoms with E-state index in [2.05, 4.69) is 17.0 Å². The van der Waals surface area contributed by atoms with Gasteiger partial charge in [-0.25, -0.2) is 0 Å². The number of nitrogens with one attached hydrogen (secondary N) is 1. The molecule has 0 spiro atoms. The van der Waals surface area contributed by atoms with E-state index >= 15 is 0 Å². The van der Waals surface area contributed by atoms with Crippen molar-refractivity contribution in [3.05, 3.63) is 60.3 Å². The number of nitrogens with zero attached hydrogens (tertiary/aromatic N) is 3. The molecule has 0 aliphatic carbocycles. The maximum atomic E-state index is 12.0. The minimum absolute atomic E-state index is 0.00721. The van der Waals surface area contributed by atoms with Crippen molar-refractivity contribution >= 4 is 23.0 Å². The van der Waals surface area contributed by atoms with Gasteiger partial charge in [0.15, 0.2) is 5.76 Å². The molecule has 6 nitrogen and oxygen atoms in total. The number of hydrogen-bond acceptors (Lipinski definition) is 4. The molecule has 124 valence electrons. The van der Waals surface area contributed by atoms with Crippen molar-refractivity contribution in [2.45, 2.75) is 0 Å². The number of aromatic nitrogens is 2. The molecule has 1 amide bonds. The maximum absolute atomic E-state index is 12.0. The lowest BCUT2D eigenvalue weighted by Gasteiger charge is -2.00. The lowest BCUT2D eigenvalue weighted by Crippen LogP contribution is -2.24. The standard InChI is InChI=1S/C19H16N4O2/c1-3-8-21-19(24)14(11-20)9-15-12-23(2)22-18(15)17-10-13-6-4-5-7-16(13)25-17/h3-7,9-10,12H,1,8H2,2H3,(H,21,24)/b14-9+. The molecule has 0 fully saturated rings. The van der Waals surface area contributed by atoms with Gasteiger partial charge in [-0.05, 0) is 18.2 Å². The second-order valence-corrected chi connectivity index (χ2v) is 5.42. The van der Waals surface area contributed by atoms with Crippen LogP contribution in [0.15, 0.2) is 59.2 Å². The van der Waals surface area contributed by atoms with E-state index in [1.807, 2.05) is 36.4 Å². The van der Waals surface area contributed by atoms with Gasteiger partial charge in [-0.1, -0.05) is 24.3 Å². The molecule has 2 aromatic heterocycles. The highest BCUT2D eigenvalue weighted by Crippen LogP contribution is 2.29. The van der Waals surface area contributed by atoms with Crippen molar-refractivity contribution in [2.75, 3.05) is 6.54 Å². The Morgan fingerprint density at radius 2 is 2.28 bits per heavy atom. The Morgan fingerprint density at radius 3 is 3.00 bits per heavy atom. The van der Waals surface area contributed by atoms with E-state index in [0.29, 0.717) is 23.6 Å². The van der Waals surface area contributed by atoms with E-state index in [-0.39, 0.29) is 5.57 Å². The molecule has 0 aliphatic heterocycles. The van der Waals surface area contributed by atoms with Crippen LogP contribution in [0.2, 0.25) is 0 Å². The number of fused-ring (bicyclic) bond motifs is 1. The number of furan rings is 1. The zero-order valence-electron chi connectivity index (χ0n) is 13.7. The molecule has 0 bridgehead atoms. The highest BCUT2D eigenvalue weighted by atomic mass is 16.3. The zero-order valence-corrected chi connectivity index (χ0v) is 13.7. The summed E-state index contributed by atoms with van der Waals surface area (Å²) < 4.78 is 7.46. The molecule has 0 atom stereocenters. The van der Waals surface area contributed by atoms with Crippen molar-refractivity contribution in [3.63, 3.8) is 0 Å². The molecular weight excluding hydrogens is 316 g/mol. The Kier molecular flexibility index (Phi) is 4.48. The van der Waals surface area contributed by atoms with Gasteiger partial charge in [-0.3, -0.25) is 9.48 Å². The summed E-state index contributed by atoms with van der Waals surface area (Å²) >= 11 is 0. The first-order chi connectivity index (χ1) is 12.1. The summed E-state index contributed by atoms with van der Waals surface area (Å²) in [6.07, 6.45) is 4.80. The normalized spacial score (nSPS) is 11.3. The van der Waals surface area contributed by atoms with Gasteiger partial charge < -0.3 is 9.73 Å². The molecule has 25 heavy (non-hydrogen) atoms. The summed E-state index contributed by atoms with van der Waals surface area (Å²) in [7, 11) is 1.77. The molecule has 6 heteroatoms. The number of carbonyl (C=O) groups is 1. The Labute approximate surface area is 144 Å². The predicted octanol–water partition coefficient (Wildman–Crippen LogP) is 3.04. The highest BCUT2D eigenvalue weighted by molar-refractivity contribution is 6.02. The summed E-state index contributed by atoms with van der Waals surface area (Å²) in [5.74, 6) is 0.124. The zero-order chi connectivity index (χ0) is 17.8. The molecule has 3 aromatic rings. The average molecular weight is 332 g/mol. The third-order valence-corrected chi connectivity index (χ3v) is 3.59. The van der Waals surface area contributed by atoms with Crippen LogP contribution >= 0.6 is 0 Å². The summed E-state index contributed by atoms with van der Waals surface area (Å²) in [5.41, 5.74) is 1.95. The SMILES string of the molecule is C=CCNC(=O)/C(C#N)=C/c1cn(C)nc1-c1cc2ccccc2o1. The fraction of sp³-hybridized carbons (Fsp3) is 0.105. The first kappa shape index (κ1) is 16.3. The molecule has 0 saturated heterocycles. The van der Waals surface area contributed by atoms with Crippen LogP contribution in [0.4, 0.5) is 0 Å². The van der Waals surface area contributed by atoms with E-state index in [9.17, 15) is 10.1 Å². The molecule has 0 radical (unpaired) electrons. The monoisotopic (exact) mass is 332 g/mol. The van der Waals surface area contributed by atoms with Crippen LogP contribution in [0.1, 0.15) is 5.56 Å². The van der Waals surface area contributed by atoms with Crippen LogP contribution in [0.25, 0.3) is 28.5 Å². The first-order valence-electron chi connectivity index (χ1n) is 7.66. The van der Waals surface area contributed by atoms with Crippen LogP contribution in [-0.4, -0.2) is 22.2 Å². The summed E-state index contributed by atoms with van der Waals surface area (Å²) in [6, 6.07) is 11.5. The molecular formula is C19H16N4O2. The smallest absolute Gasteiger partial charge is 0.262 e. The number of nitriles is 1. The van der Waals surface area contributed by atoms with Crippen LogP contribution in [-0.2, 0) is 11.8 Å². The number of hydrogen-bond donors (Lipinski definition) is 1. The van der Waals surface area contributed by atoms with Crippen molar-refractivity contribution < 1.29 is 9.21 Å². The lowest BCUT2D eigenvalue weighted by atomic mass is 10.1. The Balaban J connectivity index is 2.03. The van der Waals surface area contributed by atoms with E-state index in [1.165, 1.54) is 6.08 Å². The Bertz CT molecular complexity index is 985. The maximum Gasteiger partial charge on any atom is 0.262 e. The van der Waals surface area contributed by atoms with Crippen LogP contribution in [0.3, 0.4) is 0 Å². The summed E-state index contributed by atoms with van der Waals surface area (Å²) in [6.45, 7) is 3.83.